The Kier molecular flexibility index (Phi) is 8.61. The zero-order chi connectivity index (χ0) is 26.4. The van der Waals surface area contributed by atoms with Crippen molar-refractivity contribution >= 4 is 11.8 Å². The highest BCUT2D eigenvalue weighted by Gasteiger charge is 2.32. The molecule has 1 atom stereocenters. The third kappa shape index (κ3) is 6.77. The molecule has 4 rings (SSSR count). The molecule has 37 heavy (non-hydrogen) atoms. The number of amides is 2. The molecule has 0 radical (unpaired) electrons. The number of aromatic nitrogens is 1. The van der Waals surface area contributed by atoms with Crippen molar-refractivity contribution in [3.8, 4) is 5.75 Å². The fraction of sp³-hybridized carbons (Fsp3) is 0.414. The normalized spacial score (nSPS) is 15.1. The molecule has 1 unspecified atom stereocenters. The van der Waals surface area contributed by atoms with Crippen LogP contribution in [0.4, 0.5) is 0 Å². The Hall–Kier alpha value is -3.65. The van der Waals surface area contributed by atoms with Crippen molar-refractivity contribution < 1.29 is 18.7 Å². The summed E-state index contributed by atoms with van der Waals surface area (Å²) >= 11 is 0. The average molecular weight is 505 g/mol. The summed E-state index contributed by atoms with van der Waals surface area (Å²) in [6.07, 6.45) is 2.67. The van der Waals surface area contributed by atoms with Crippen LogP contribution in [0.5, 0.6) is 5.75 Å². The van der Waals surface area contributed by atoms with E-state index >= 15 is 0 Å². The number of fused-ring (bicyclic) bond motifs is 1. The number of ether oxygens (including phenoxy) is 1. The van der Waals surface area contributed by atoms with E-state index < -0.39 is 0 Å². The van der Waals surface area contributed by atoms with Gasteiger partial charge >= 0.3 is 0 Å². The Morgan fingerprint density at radius 1 is 1.19 bits per heavy atom. The van der Waals surface area contributed by atoms with Gasteiger partial charge in [-0.25, -0.2) is 4.98 Å². The van der Waals surface area contributed by atoms with Gasteiger partial charge in [-0.1, -0.05) is 50.2 Å². The lowest BCUT2D eigenvalue weighted by molar-refractivity contribution is -0.134. The van der Waals surface area contributed by atoms with Crippen molar-refractivity contribution in [3.63, 3.8) is 0 Å². The van der Waals surface area contributed by atoms with Crippen LogP contribution >= 0.6 is 0 Å². The topological polar surface area (TPSA) is 87.9 Å². The zero-order valence-corrected chi connectivity index (χ0v) is 22.1. The van der Waals surface area contributed by atoms with Crippen LogP contribution in [0.2, 0.25) is 0 Å². The van der Waals surface area contributed by atoms with Crippen molar-refractivity contribution in [2.24, 2.45) is 5.92 Å². The van der Waals surface area contributed by atoms with E-state index in [9.17, 15) is 9.59 Å². The maximum atomic E-state index is 13.2. The Labute approximate surface area is 218 Å². The monoisotopic (exact) mass is 504 g/mol. The highest BCUT2D eigenvalue weighted by atomic mass is 16.5. The van der Waals surface area contributed by atoms with Crippen molar-refractivity contribution in [1.82, 2.24) is 20.1 Å². The van der Waals surface area contributed by atoms with E-state index in [1.54, 1.807) is 0 Å². The lowest BCUT2D eigenvalue weighted by atomic mass is 9.87. The van der Waals surface area contributed by atoms with Crippen molar-refractivity contribution in [2.75, 3.05) is 33.7 Å². The molecule has 3 aromatic rings. The molecule has 0 spiro atoms. The van der Waals surface area contributed by atoms with Gasteiger partial charge in [0, 0.05) is 26.1 Å². The van der Waals surface area contributed by atoms with Gasteiger partial charge in [0.2, 0.25) is 11.8 Å². The molecular formula is C29H36N4O4. The van der Waals surface area contributed by atoms with E-state index in [1.807, 2.05) is 54.2 Å². The van der Waals surface area contributed by atoms with Crippen LogP contribution in [-0.4, -0.2) is 60.3 Å². The first-order chi connectivity index (χ1) is 17.8. The van der Waals surface area contributed by atoms with E-state index in [0.717, 1.165) is 24.1 Å². The van der Waals surface area contributed by atoms with Gasteiger partial charge < -0.3 is 24.3 Å². The maximum Gasteiger partial charge on any atom is 0.273 e. The molecule has 0 saturated heterocycles. The van der Waals surface area contributed by atoms with Crippen LogP contribution in [0, 0.1) is 5.92 Å². The van der Waals surface area contributed by atoms with Crippen molar-refractivity contribution in [3.05, 3.63) is 83.1 Å². The van der Waals surface area contributed by atoms with Crippen molar-refractivity contribution in [1.29, 1.82) is 0 Å². The predicted octanol–water partition coefficient (Wildman–Crippen LogP) is 4.07. The maximum absolute atomic E-state index is 13.2. The number of hydrogen-bond acceptors (Lipinski definition) is 6. The molecule has 2 aromatic carbocycles. The first kappa shape index (κ1) is 26.4. The van der Waals surface area contributed by atoms with Crippen LogP contribution in [0.3, 0.4) is 0 Å². The number of likely N-dealkylation sites (N-methyl/N-ethyl adjacent to an activating group) is 1. The summed E-state index contributed by atoms with van der Waals surface area (Å²) in [6.45, 7) is 6.19. The van der Waals surface area contributed by atoms with Crippen molar-refractivity contribution in [2.45, 2.75) is 39.3 Å². The zero-order valence-electron chi connectivity index (χ0n) is 22.1. The molecule has 0 fully saturated rings. The van der Waals surface area contributed by atoms with E-state index in [2.05, 4.69) is 42.3 Å². The van der Waals surface area contributed by atoms with Gasteiger partial charge in [-0.05, 0) is 55.3 Å². The summed E-state index contributed by atoms with van der Waals surface area (Å²) < 4.78 is 11.5. The number of carbonyl (C=O) groups excluding carboxylic acids is 2. The standard InChI is InChI=1S/C29H36N4O4/c1-20(2)16-27(34)33-14-12-21-10-11-23(17-24(21)28(33)22-8-6-5-7-9-22)36-19-26-31-25(18-37-26)29(35)30-13-15-32(3)4/h5-11,17-18,20,28H,12-16,19H2,1-4H3,(H,30,35). The van der Waals surface area contributed by atoms with Gasteiger partial charge in [0.15, 0.2) is 12.3 Å². The smallest absolute Gasteiger partial charge is 0.273 e. The molecule has 0 saturated carbocycles. The molecule has 1 N–H and O–H groups in total. The third-order valence-electron chi connectivity index (χ3n) is 6.36. The van der Waals surface area contributed by atoms with E-state index in [-0.39, 0.29) is 30.2 Å². The fourth-order valence-corrected chi connectivity index (χ4v) is 4.52. The number of oxazole rings is 1. The third-order valence-corrected chi connectivity index (χ3v) is 6.36. The van der Waals surface area contributed by atoms with Crippen LogP contribution < -0.4 is 10.1 Å². The number of hydrogen-bond donors (Lipinski definition) is 1. The summed E-state index contributed by atoms with van der Waals surface area (Å²) in [5, 5.41) is 2.82. The first-order valence-electron chi connectivity index (χ1n) is 12.8. The summed E-state index contributed by atoms with van der Waals surface area (Å²) in [5.74, 6) is 1.16. The molecule has 0 aliphatic carbocycles. The highest BCUT2D eigenvalue weighted by molar-refractivity contribution is 5.91. The molecule has 8 heteroatoms. The second-order valence-corrected chi connectivity index (χ2v) is 10.1. The molecule has 0 bridgehead atoms. The van der Waals surface area contributed by atoms with Gasteiger partial charge in [0.05, 0.1) is 6.04 Å². The quantitative estimate of drug-likeness (QED) is 0.448. The number of rotatable bonds is 10. The minimum Gasteiger partial charge on any atom is -0.484 e. The van der Waals surface area contributed by atoms with Gasteiger partial charge in [-0.3, -0.25) is 9.59 Å². The van der Waals surface area contributed by atoms with Gasteiger partial charge in [0.1, 0.15) is 12.0 Å². The molecule has 1 aliphatic heterocycles. The Morgan fingerprint density at radius 2 is 1.97 bits per heavy atom. The number of nitrogens with one attached hydrogen (secondary N) is 1. The lowest BCUT2D eigenvalue weighted by Gasteiger charge is -2.38. The summed E-state index contributed by atoms with van der Waals surface area (Å²) in [6, 6.07) is 16.0. The lowest BCUT2D eigenvalue weighted by Crippen LogP contribution is -2.41. The molecule has 2 heterocycles. The van der Waals surface area contributed by atoms with Crippen LogP contribution in [0.25, 0.3) is 0 Å². The fourth-order valence-electron chi connectivity index (χ4n) is 4.52. The van der Waals surface area contributed by atoms with E-state index in [0.29, 0.717) is 37.1 Å². The van der Waals surface area contributed by atoms with Gasteiger partial charge in [-0.15, -0.1) is 0 Å². The molecule has 8 nitrogen and oxygen atoms in total. The molecule has 2 amide bonds. The van der Waals surface area contributed by atoms with Gasteiger partial charge in [0.25, 0.3) is 5.91 Å². The van der Waals surface area contributed by atoms with Crippen LogP contribution in [-0.2, 0) is 17.8 Å². The summed E-state index contributed by atoms with van der Waals surface area (Å²) in [7, 11) is 3.89. The number of nitrogens with zero attached hydrogens (tertiary/aromatic N) is 3. The summed E-state index contributed by atoms with van der Waals surface area (Å²) in [4.78, 5) is 33.7. The average Bonchev–Trinajstić information content (AvgIpc) is 3.36. The van der Waals surface area contributed by atoms with E-state index in [4.69, 9.17) is 9.15 Å². The van der Waals surface area contributed by atoms with Crippen LogP contribution in [0.15, 0.2) is 59.2 Å². The number of benzene rings is 2. The van der Waals surface area contributed by atoms with Gasteiger partial charge in [-0.2, -0.15) is 0 Å². The molecular weight excluding hydrogens is 468 g/mol. The first-order valence-corrected chi connectivity index (χ1v) is 12.8. The highest BCUT2D eigenvalue weighted by Crippen LogP contribution is 2.37. The predicted molar refractivity (Wildman–Crippen MR) is 141 cm³/mol. The minimum absolute atomic E-state index is 0.0930. The Bertz CT molecular complexity index is 1210. The molecule has 1 aromatic heterocycles. The Morgan fingerprint density at radius 3 is 2.70 bits per heavy atom. The second kappa shape index (κ2) is 12.1. The largest absolute Gasteiger partial charge is 0.484 e. The van der Waals surface area contributed by atoms with E-state index in [1.165, 1.54) is 11.8 Å². The second-order valence-electron chi connectivity index (χ2n) is 10.1. The SMILES string of the molecule is CC(C)CC(=O)N1CCc2ccc(OCc3nc(C(=O)NCCN(C)C)co3)cc2C1c1ccccc1. The number of carbonyl (C=O) groups is 2. The van der Waals surface area contributed by atoms with Crippen LogP contribution in [0.1, 0.15) is 59.4 Å². The Balaban J connectivity index is 1.49. The molecule has 1 aliphatic rings. The summed E-state index contributed by atoms with van der Waals surface area (Å²) in [5.41, 5.74) is 3.59. The minimum atomic E-state index is -0.275. The molecule has 196 valence electrons.